The average molecular weight is 332 g/mol. The molecule has 0 aromatic heterocycles. The van der Waals surface area contributed by atoms with E-state index < -0.39 is 11.4 Å². The van der Waals surface area contributed by atoms with Gasteiger partial charge in [-0.3, -0.25) is 4.79 Å². The molecular weight excluding hydrogens is 309 g/mol. The summed E-state index contributed by atoms with van der Waals surface area (Å²) in [5.74, 6) is -0.471. The molecular formula is C16H23ClFNO3. The van der Waals surface area contributed by atoms with E-state index in [-0.39, 0.29) is 10.6 Å². The second-order valence-electron chi connectivity index (χ2n) is 6.24. The Morgan fingerprint density at radius 2 is 1.95 bits per heavy atom. The quantitative estimate of drug-likeness (QED) is 0.818. The minimum Gasteiger partial charge on any atom is -0.462 e. The van der Waals surface area contributed by atoms with Crippen molar-refractivity contribution in [1.82, 2.24) is 5.32 Å². The Labute approximate surface area is 135 Å². The lowest BCUT2D eigenvalue weighted by molar-refractivity contribution is -0.138. The number of aliphatic hydroxyl groups is 1. The molecule has 0 bridgehead atoms. The number of rotatable bonds is 2. The van der Waals surface area contributed by atoms with Gasteiger partial charge in [0.25, 0.3) is 6.47 Å². The number of benzene rings is 1. The van der Waals surface area contributed by atoms with E-state index in [1.165, 1.54) is 12.1 Å². The van der Waals surface area contributed by atoms with E-state index in [2.05, 4.69) is 10.1 Å². The number of carbonyl (C=O) groups excluding carboxylic acids is 1. The van der Waals surface area contributed by atoms with Crippen LogP contribution in [0, 0.1) is 5.82 Å². The van der Waals surface area contributed by atoms with Gasteiger partial charge in [-0.25, -0.2) is 4.39 Å². The van der Waals surface area contributed by atoms with Gasteiger partial charge in [0.05, 0.1) is 10.6 Å². The molecule has 0 radical (unpaired) electrons. The standard InChI is InChI=1S/C11H13ClFNO.C5H10O2/c12-9-2-1-8(7-10(9)13)11(15)3-5-14-6-4-11;1-5(2,3)7-4-6/h1-2,7,14-15H,3-6H2;4H,1-3H3. The van der Waals surface area contributed by atoms with Crippen LogP contribution in [-0.4, -0.2) is 30.3 Å². The summed E-state index contributed by atoms with van der Waals surface area (Å²) in [5.41, 5.74) is -0.607. The highest BCUT2D eigenvalue weighted by Gasteiger charge is 2.31. The van der Waals surface area contributed by atoms with Gasteiger partial charge in [-0.2, -0.15) is 0 Å². The molecule has 0 saturated carbocycles. The van der Waals surface area contributed by atoms with Gasteiger partial charge in [0, 0.05) is 0 Å². The molecule has 6 heteroatoms. The van der Waals surface area contributed by atoms with Crippen molar-refractivity contribution in [2.45, 2.75) is 44.8 Å². The van der Waals surface area contributed by atoms with Crippen LogP contribution in [-0.2, 0) is 15.1 Å². The summed E-state index contributed by atoms with van der Waals surface area (Å²) in [4.78, 5) is 9.60. The first-order chi connectivity index (χ1) is 10.2. The second-order valence-corrected chi connectivity index (χ2v) is 6.64. The molecule has 1 saturated heterocycles. The Morgan fingerprint density at radius 1 is 1.36 bits per heavy atom. The molecule has 1 aromatic carbocycles. The zero-order valence-electron chi connectivity index (χ0n) is 13.2. The fourth-order valence-corrected chi connectivity index (χ4v) is 2.18. The number of halogens is 2. The fourth-order valence-electron chi connectivity index (χ4n) is 2.06. The molecule has 0 amide bonds. The Morgan fingerprint density at radius 3 is 2.36 bits per heavy atom. The summed E-state index contributed by atoms with van der Waals surface area (Å²) in [6.07, 6.45) is 1.21. The zero-order chi connectivity index (χ0) is 16.8. The molecule has 0 spiro atoms. The predicted octanol–water partition coefficient (Wildman–Crippen LogP) is 3.01. The third-order valence-electron chi connectivity index (χ3n) is 3.29. The molecule has 0 aliphatic carbocycles. The molecule has 124 valence electrons. The van der Waals surface area contributed by atoms with Crippen molar-refractivity contribution in [3.05, 3.63) is 34.6 Å². The third-order valence-corrected chi connectivity index (χ3v) is 3.60. The summed E-state index contributed by atoms with van der Waals surface area (Å²) in [5, 5.41) is 13.6. The number of piperidine rings is 1. The average Bonchev–Trinajstić information content (AvgIpc) is 2.42. The highest BCUT2D eigenvalue weighted by atomic mass is 35.5. The Balaban J connectivity index is 0.000000295. The maximum Gasteiger partial charge on any atom is 0.293 e. The van der Waals surface area contributed by atoms with E-state index in [1.54, 1.807) is 6.07 Å². The SMILES string of the molecule is CC(C)(C)OC=O.OC1(c2ccc(Cl)c(F)c2)CCNCC1. The molecule has 1 aliphatic heterocycles. The first kappa shape index (κ1) is 18.9. The molecule has 2 rings (SSSR count). The maximum atomic E-state index is 13.2. The van der Waals surface area contributed by atoms with Gasteiger partial charge in [-0.05, 0) is 64.4 Å². The highest BCUT2D eigenvalue weighted by Crippen LogP contribution is 2.32. The highest BCUT2D eigenvalue weighted by molar-refractivity contribution is 6.30. The Bertz CT molecular complexity index is 497. The van der Waals surface area contributed by atoms with Crippen LogP contribution >= 0.6 is 11.6 Å². The molecule has 1 aromatic rings. The van der Waals surface area contributed by atoms with Gasteiger partial charge in [0.15, 0.2) is 0 Å². The van der Waals surface area contributed by atoms with Crippen LogP contribution in [0.3, 0.4) is 0 Å². The van der Waals surface area contributed by atoms with Crippen molar-refractivity contribution in [2.24, 2.45) is 0 Å². The lowest BCUT2D eigenvalue weighted by Gasteiger charge is -2.33. The van der Waals surface area contributed by atoms with Crippen LogP contribution in [0.4, 0.5) is 4.39 Å². The number of nitrogens with one attached hydrogen (secondary N) is 1. The van der Waals surface area contributed by atoms with Crippen LogP contribution in [0.25, 0.3) is 0 Å². The van der Waals surface area contributed by atoms with E-state index in [4.69, 9.17) is 11.6 Å². The summed E-state index contributed by atoms with van der Waals surface area (Å²) in [6, 6.07) is 4.51. The molecule has 4 nitrogen and oxygen atoms in total. The van der Waals surface area contributed by atoms with Gasteiger partial charge in [0.2, 0.25) is 0 Å². The first-order valence-corrected chi connectivity index (χ1v) is 7.56. The van der Waals surface area contributed by atoms with Crippen LogP contribution in [0.2, 0.25) is 5.02 Å². The van der Waals surface area contributed by atoms with Crippen LogP contribution < -0.4 is 5.32 Å². The van der Waals surface area contributed by atoms with Crippen molar-refractivity contribution in [2.75, 3.05) is 13.1 Å². The molecule has 1 heterocycles. The van der Waals surface area contributed by atoms with E-state index >= 15 is 0 Å². The summed E-state index contributed by atoms with van der Waals surface area (Å²) < 4.78 is 17.8. The van der Waals surface area contributed by atoms with Crippen molar-refractivity contribution in [3.63, 3.8) is 0 Å². The summed E-state index contributed by atoms with van der Waals surface area (Å²) in [6.45, 7) is 7.42. The van der Waals surface area contributed by atoms with Crippen molar-refractivity contribution in [3.8, 4) is 0 Å². The molecule has 1 aliphatic rings. The Hall–Kier alpha value is -1.17. The number of carbonyl (C=O) groups is 1. The van der Waals surface area contributed by atoms with Gasteiger partial charge in [0.1, 0.15) is 11.4 Å². The molecule has 0 atom stereocenters. The Kier molecular flexibility index (Phi) is 6.78. The van der Waals surface area contributed by atoms with Gasteiger partial charge in [-0.15, -0.1) is 0 Å². The number of ether oxygens (including phenoxy) is 1. The van der Waals surface area contributed by atoms with Gasteiger partial charge >= 0.3 is 0 Å². The fraction of sp³-hybridized carbons (Fsp3) is 0.562. The van der Waals surface area contributed by atoms with Gasteiger partial charge in [-0.1, -0.05) is 17.7 Å². The summed E-state index contributed by atoms with van der Waals surface area (Å²) >= 11 is 5.60. The van der Waals surface area contributed by atoms with Crippen molar-refractivity contribution >= 4 is 18.1 Å². The van der Waals surface area contributed by atoms with Crippen LogP contribution in [0.1, 0.15) is 39.2 Å². The number of hydrogen-bond donors (Lipinski definition) is 2. The smallest absolute Gasteiger partial charge is 0.293 e. The maximum absolute atomic E-state index is 13.2. The molecule has 2 N–H and O–H groups in total. The second kappa shape index (κ2) is 7.90. The summed E-state index contributed by atoms with van der Waals surface area (Å²) in [7, 11) is 0. The van der Waals surface area contributed by atoms with Gasteiger partial charge < -0.3 is 15.2 Å². The molecule has 0 unspecified atom stereocenters. The lowest BCUT2D eigenvalue weighted by Crippen LogP contribution is -2.39. The van der Waals surface area contributed by atoms with Crippen molar-refractivity contribution in [1.29, 1.82) is 0 Å². The zero-order valence-corrected chi connectivity index (χ0v) is 13.9. The normalized spacial score (nSPS) is 17.2. The monoisotopic (exact) mass is 331 g/mol. The van der Waals surface area contributed by atoms with Crippen molar-refractivity contribution < 1.29 is 19.0 Å². The van der Waals surface area contributed by atoms with E-state index in [1.807, 2.05) is 20.8 Å². The largest absolute Gasteiger partial charge is 0.462 e. The van der Waals surface area contributed by atoms with E-state index in [9.17, 15) is 14.3 Å². The molecule has 1 fully saturated rings. The van der Waals surface area contributed by atoms with Crippen LogP contribution in [0.15, 0.2) is 18.2 Å². The topological polar surface area (TPSA) is 58.6 Å². The number of hydrogen-bond acceptors (Lipinski definition) is 4. The van der Waals surface area contributed by atoms with E-state index in [0.717, 1.165) is 13.1 Å². The van der Waals surface area contributed by atoms with E-state index in [0.29, 0.717) is 24.9 Å². The minimum atomic E-state index is -0.906. The first-order valence-electron chi connectivity index (χ1n) is 7.18. The minimum absolute atomic E-state index is 0.0938. The van der Waals surface area contributed by atoms with Crippen LogP contribution in [0.5, 0.6) is 0 Å². The lowest BCUT2D eigenvalue weighted by atomic mass is 9.85. The third kappa shape index (κ3) is 5.91. The molecule has 22 heavy (non-hydrogen) atoms. The predicted molar refractivity (Wildman–Crippen MR) is 84.3 cm³/mol.